The van der Waals surface area contributed by atoms with Crippen molar-refractivity contribution in [2.24, 2.45) is 17.8 Å². The van der Waals surface area contributed by atoms with Crippen molar-refractivity contribution in [1.29, 1.82) is 0 Å². The lowest BCUT2D eigenvalue weighted by molar-refractivity contribution is -0.345. The van der Waals surface area contributed by atoms with Gasteiger partial charge in [0.15, 0.2) is 0 Å². The van der Waals surface area contributed by atoms with Crippen LogP contribution in [0.1, 0.15) is 37.1 Å². The molecule has 1 N–H and O–H groups in total. The van der Waals surface area contributed by atoms with E-state index in [1.54, 1.807) is 6.08 Å². The summed E-state index contributed by atoms with van der Waals surface area (Å²) in [6.45, 7) is 3.62. The lowest BCUT2D eigenvalue weighted by Crippen LogP contribution is -2.45. The number of hydrogen-bond donors (Lipinski definition) is 1. The van der Waals surface area contributed by atoms with Crippen LogP contribution in [0.25, 0.3) is 0 Å². The fourth-order valence-corrected chi connectivity index (χ4v) is 5.71. The number of carbonyl (C=O) groups is 2. The van der Waals surface area contributed by atoms with Gasteiger partial charge in [0.1, 0.15) is 5.69 Å². The highest BCUT2D eigenvalue weighted by molar-refractivity contribution is 5.88. The molecule has 0 radical (unpaired) electrons. The molecule has 3 fully saturated rings. The molecule has 34 heavy (non-hydrogen) atoms. The van der Waals surface area contributed by atoms with E-state index < -0.39 is 12.5 Å². The number of aromatic nitrogens is 3. The number of amides is 3. The Kier molecular flexibility index (Phi) is 6.26. The maximum absolute atomic E-state index is 13.0. The number of H-pyrrole nitrogens is 1. The fraction of sp³-hybridized carbons (Fsp3) is 0.727. The first-order valence-electron chi connectivity index (χ1n) is 11.9. The van der Waals surface area contributed by atoms with Gasteiger partial charge in [-0.1, -0.05) is 6.08 Å². The Morgan fingerprint density at radius 1 is 0.941 bits per heavy atom. The van der Waals surface area contributed by atoms with Crippen LogP contribution in [0.2, 0.25) is 0 Å². The molecule has 2 unspecified atom stereocenters. The first-order valence-corrected chi connectivity index (χ1v) is 11.9. The minimum Gasteiger partial charge on any atom is -0.338 e. The van der Waals surface area contributed by atoms with Gasteiger partial charge in [-0.05, 0) is 37.7 Å². The van der Waals surface area contributed by atoms with E-state index >= 15 is 0 Å². The van der Waals surface area contributed by atoms with Crippen LogP contribution in [0.3, 0.4) is 0 Å². The molecule has 2 atom stereocenters. The summed E-state index contributed by atoms with van der Waals surface area (Å²) in [7, 11) is 0. The van der Waals surface area contributed by atoms with Crippen LogP contribution < -0.4 is 0 Å². The van der Waals surface area contributed by atoms with Crippen molar-refractivity contribution in [2.45, 2.75) is 51.1 Å². The number of alkyl halides is 3. The van der Waals surface area contributed by atoms with E-state index in [0.717, 1.165) is 11.4 Å². The van der Waals surface area contributed by atoms with Crippen molar-refractivity contribution in [3.05, 3.63) is 23.5 Å². The highest BCUT2D eigenvalue weighted by atomic mass is 19.4. The summed E-state index contributed by atoms with van der Waals surface area (Å²) in [6.07, 6.45) is 0.582. The number of halogens is 3. The van der Waals surface area contributed by atoms with Gasteiger partial charge in [-0.3, -0.25) is 9.53 Å². The summed E-state index contributed by atoms with van der Waals surface area (Å²) in [5, 5.41) is 10.8. The Morgan fingerprint density at radius 2 is 1.59 bits per heavy atom. The number of rotatable bonds is 3. The molecule has 5 rings (SSSR count). The molecule has 1 aromatic rings. The molecule has 9 nitrogen and oxygen atoms in total. The molecular weight excluding hydrogens is 453 g/mol. The van der Waals surface area contributed by atoms with Gasteiger partial charge in [0.25, 0.3) is 0 Å². The number of allylic oxidation sites excluding steroid dienone is 1. The van der Waals surface area contributed by atoms with Crippen LogP contribution in [0, 0.1) is 17.8 Å². The molecule has 186 valence electrons. The smallest absolute Gasteiger partial charge is 0.338 e. The Hall–Kier alpha value is -2.63. The average molecular weight is 483 g/mol. The summed E-state index contributed by atoms with van der Waals surface area (Å²) in [5.74, 6) is 0.574. The third kappa shape index (κ3) is 5.06. The van der Waals surface area contributed by atoms with E-state index in [1.165, 1.54) is 0 Å². The third-order valence-electron chi connectivity index (χ3n) is 7.53. The highest BCUT2D eigenvalue weighted by Gasteiger charge is 2.44. The van der Waals surface area contributed by atoms with Crippen LogP contribution in [0.5, 0.6) is 0 Å². The summed E-state index contributed by atoms with van der Waals surface area (Å²) >= 11 is 0. The van der Waals surface area contributed by atoms with Gasteiger partial charge < -0.3 is 14.7 Å². The van der Waals surface area contributed by atoms with Gasteiger partial charge in [0.2, 0.25) is 5.91 Å². The van der Waals surface area contributed by atoms with Gasteiger partial charge in [0, 0.05) is 51.0 Å². The average Bonchev–Trinajstić information content (AvgIpc) is 3.51. The molecule has 0 bridgehead atoms. The van der Waals surface area contributed by atoms with Crippen LogP contribution in [0.15, 0.2) is 12.2 Å². The number of urea groups is 1. The van der Waals surface area contributed by atoms with Crippen LogP contribution in [-0.2, 0) is 22.5 Å². The highest BCUT2D eigenvalue weighted by Crippen LogP contribution is 2.34. The fourth-order valence-electron chi connectivity index (χ4n) is 5.71. The standard InChI is InChI=1S/C22H29F3N6O3/c23-22(24,25)34-17-4-1-14(2-5-17)3-6-20(32)30-9-15-11-31(12-16(15)10-30)21(33)29-8-7-18-19(13-29)27-28-26-18/h3,6,14-17H,1-2,4-5,7-13H2,(H,26,27,28). The second kappa shape index (κ2) is 9.20. The molecule has 12 heteroatoms. The molecule has 3 aliphatic heterocycles. The Morgan fingerprint density at radius 3 is 2.26 bits per heavy atom. The Bertz CT molecular complexity index is 929. The lowest BCUT2D eigenvalue weighted by atomic mass is 9.87. The number of carbonyl (C=O) groups excluding carboxylic acids is 2. The second-order valence-electron chi connectivity index (χ2n) is 9.80. The molecule has 1 aromatic heterocycles. The molecular formula is C22H29F3N6O3. The third-order valence-corrected chi connectivity index (χ3v) is 7.53. The van der Waals surface area contributed by atoms with Crippen LogP contribution in [0.4, 0.5) is 18.0 Å². The Balaban J connectivity index is 1.06. The van der Waals surface area contributed by atoms with Gasteiger partial charge in [-0.15, -0.1) is 13.2 Å². The summed E-state index contributed by atoms with van der Waals surface area (Å²) < 4.78 is 41.2. The molecule has 4 aliphatic rings. The minimum absolute atomic E-state index is 0.0194. The minimum atomic E-state index is -4.59. The van der Waals surface area contributed by atoms with E-state index in [-0.39, 0.29) is 29.7 Å². The van der Waals surface area contributed by atoms with E-state index in [1.807, 2.05) is 20.8 Å². The van der Waals surface area contributed by atoms with Crippen LogP contribution >= 0.6 is 0 Å². The first kappa shape index (κ1) is 23.1. The lowest BCUT2D eigenvalue weighted by Gasteiger charge is -2.30. The van der Waals surface area contributed by atoms with Crippen molar-refractivity contribution in [3.63, 3.8) is 0 Å². The van der Waals surface area contributed by atoms with E-state index in [4.69, 9.17) is 0 Å². The van der Waals surface area contributed by atoms with E-state index in [2.05, 4.69) is 20.1 Å². The zero-order valence-corrected chi connectivity index (χ0v) is 18.8. The molecule has 0 aromatic carbocycles. The molecule has 4 heterocycles. The largest absolute Gasteiger partial charge is 0.522 e. The molecule has 2 saturated heterocycles. The number of aromatic amines is 1. The zero-order chi connectivity index (χ0) is 23.9. The Labute approximate surface area is 195 Å². The maximum Gasteiger partial charge on any atom is 0.522 e. The maximum atomic E-state index is 13.0. The van der Waals surface area contributed by atoms with Crippen molar-refractivity contribution >= 4 is 11.9 Å². The quantitative estimate of drug-likeness (QED) is 0.668. The van der Waals surface area contributed by atoms with Gasteiger partial charge in [-0.25, -0.2) is 4.79 Å². The summed E-state index contributed by atoms with van der Waals surface area (Å²) in [6, 6.07) is 0.0194. The van der Waals surface area contributed by atoms with Gasteiger partial charge >= 0.3 is 12.4 Å². The number of ether oxygens (including phenoxy) is 1. The van der Waals surface area contributed by atoms with E-state index in [0.29, 0.717) is 71.4 Å². The van der Waals surface area contributed by atoms with Gasteiger partial charge in [0.05, 0.1) is 18.3 Å². The monoisotopic (exact) mass is 482 g/mol. The molecule has 0 spiro atoms. The van der Waals surface area contributed by atoms with Gasteiger partial charge in [-0.2, -0.15) is 15.4 Å². The number of nitrogens with one attached hydrogen (secondary N) is 1. The second-order valence-corrected chi connectivity index (χ2v) is 9.80. The number of fused-ring (bicyclic) bond motifs is 2. The van der Waals surface area contributed by atoms with Crippen LogP contribution in [-0.4, -0.2) is 87.2 Å². The predicted molar refractivity (Wildman–Crippen MR) is 113 cm³/mol. The first-order chi connectivity index (χ1) is 16.2. The molecule has 1 aliphatic carbocycles. The van der Waals surface area contributed by atoms with Crippen molar-refractivity contribution < 1.29 is 27.5 Å². The number of nitrogens with zero attached hydrogens (tertiary/aromatic N) is 5. The van der Waals surface area contributed by atoms with Crippen molar-refractivity contribution in [2.75, 3.05) is 32.7 Å². The van der Waals surface area contributed by atoms with Crippen molar-refractivity contribution in [3.8, 4) is 0 Å². The predicted octanol–water partition coefficient (Wildman–Crippen LogP) is 2.32. The number of likely N-dealkylation sites (tertiary alicyclic amines) is 2. The molecule has 1 saturated carbocycles. The molecule has 3 amide bonds. The zero-order valence-electron chi connectivity index (χ0n) is 18.8. The van der Waals surface area contributed by atoms with Crippen molar-refractivity contribution in [1.82, 2.24) is 30.1 Å². The topological polar surface area (TPSA) is 94.7 Å². The summed E-state index contributed by atoms with van der Waals surface area (Å²) in [5.41, 5.74) is 1.75. The number of hydrogen-bond acceptors (Lipinski definition) is 5. The van der Waals surface area contributed by atoms with E-state index in [9.17, 15) is 22.8 Å². The summed E-state index contributed by atoms with van der Waals surface area (Å²) in [4.78, 5) is 31.2. The normalized spacial score (nSPS) is 29.6. The SMILES string of the molecule is O=C(C=CC1CCC(OC(F)(F)F)CC1)N1CC2CN(C(=O)N3CCc4n[nH]nc4C3)CC2C1.